The molecule has 22 heavy (non-hydrogen) atoms. The third-order valence-electron chi connectivity index (χ3n) is 2.78. The molecule has 1 amide bonds. The summed E-state index contributed by atoms with van der Waals surface area (Å²) >= 11 is 5.95. The van der Waals surface area contributed by atoms with Gasteiger partial charge >= 0.3 is 11.8 Å². The summed E-state index contributed by atoms with van der Waals surface area (Å²) in [5.41, 5.74) is 1.22. The second-order valence-electron chi connectivity index (χ2n) is 4.27. The maximum Gasteiger partial charge on any atom is 0.316 e. The van der Waals surface area contributed by atoms with Crippen LogP contribution >= 0.6 is 11.6 Å². The highest BCUT2D eigenvalue weighted by atomic mass is 35.5. The van der Waals surface area contributed by atoms with Gasteiger partial charge in [-0.15, -0.1) is 0 Å². The average molecular weight is 316 g/mol. The van der Waals surface area contributed by atoms with Gasteiger partial charge in [0.2, 0.25) is 5.82 Å². The SMILES string of the molecule is O=C(NCc1ccccn1)c1nc(-c2cccnc2Cl)no1. The molecule has 0 spiro atoms. The first kappa shape index (κ1) is 14.2. The second-order valence-corrected chi connectivity index (χ2v) is 4.63. The molecular formula is C14H10ClN5O2. The maximum absolute atomic E-state index is 12.0. The molecule has 110 valence electrons. The maximum atomic E-state index is 12.0. The Balaban J connectivity index is 1.71. The summed E-state index contributed by atoms with van der Waals surface area (Å²) in [6.07, 6.45) is 3.20. The summed E-state index contributed by atoms with van der Waals surface area (Å²) < 4.78 is 4.94. The van der Waals surface area contributed by atoms with E-state index in [0.717, 1.165) is 5.69 Å². The molecule has 0 saturated carbocycles. The fourth-order valence-electron chi connectivity index (χ4n) is 1.73. The van der Waals surface area contributed by atoms with Crippen LogP contribution in [-0.4, -0.2) is 26.0 Å². The zero-order valence-electron chi connectivity index (χ0n) is 11.2. The van der Waals surface area contributed by atoms with Crippen molar-refractivity contribution in [3.63, 3.8) is 0 Å². The Hall–Kier alpha value is -2.80. The van der Waals surface area contributed by atoms with Crippen LogP contribution in [0.4, 0.5) is 0 Å². The highest BCUT2D eigenvalue weighted by Gasteiger charge is 2.17. The minimum Gasteiger partial charge on any atom is -0.342 e. The molecule has 1 N–H and O–H groups in total. The molecule has 0 atom stereocenters. The van der Waals surface area contributed by atoms with Gasteiger partial charge in [0.05, 0.1) is 17.8 Å². The molecule has 3 aromatic heterocycles. The van der Waals surface area contributed by atoms with Crippen LogP contribution in [0.5, 0.6) is 0 Å². The molecule has 0 radical (unpaired) electrons. The van der Waals surface area contributed by atoms with E-state index in [0.29, 0.717) is 5.56 Å². The monoisotopic (exact) mass is 315 g/mol. The molecule has 3 heterocycles. The van der Waals surface area contributed by atoms with Crippen LogP contribution in [0.25, 0.3) is 11.4 Å². The third-order valence-corrected chi connectivity index (χ3v) is 3.08. The Morgan fingerprint density at radius 3 is 2.82 bits per heavy atom. The van der Waals surface area contributed by atoms with Gasteiger partial charge in [0.25, 0.3) is 0 Å². The molecule has 3 rings (SSSR count). The quantitative estimate of drug-likeness (QED) is 0.741. The minimum atomic E-state index is -0.482. The molecule has 7 nitrogen and oxygen atoms in total. The second kappa shape index (κ2) is 6.31. The molecule has 0 aliphatic rings. The smallest absolute Gasteiger partial charge is 0.316 e. The van der Waals surface area contributed by atoms with Crippen molar-refractivity contribution in [3.8, 4) is 11.4 Å². The van der Waals surface area contributed by atoms with Crippen LogP contribution in [-0.2, 0) is 6.54 Å². The lowest BCUT2D eigenvalue weighted by atomic mass is 10.3. The zero-order valence-corrected chi connectivity index (χ0v) is 12.0. The highest BCUT2D eigenvalue weighted by molar-refractivity contribution is 6.31. The highest BCUT2D eigenvalue weighted by Crippen LogP contribution is 2.22. The zero-order chi connectivity index (χ0) is 15.4. The Morgan fingerprint density at radius 2 is 2.05 bits per heavy atom. The van der Waals surface area contributed by atoms with Crippen molar-refractivity contribution in [2.24, 2.45) is 0 Å². The third kappa shape index (κ3) is 3.09. The van der Waals surface area contributed by atoms with Crippen LogP contribution in [0, 0.1) is 0 Å². The molecule has 8 heteroatoms. The fourth-order valence-corrected chi connectivity index (χ4v) is 1.93. The minimum absolute atomic E-state index is 0.147. The van der Waals surface area contributed by atoms with Gasteiger partial charge in [-0.25, -0.2) is 4.98 Å². The standard InChI is InChI=1S/C14H10ClN5O2/c15-11-10(5-3-7-17-11)12-19-14(22-20-12)13(21)18-8-9-4-1-2-6-16-9/h1-7H,8H2,(H,18,21). The number of hydrogen-bond donors (Lipinski definition) is 1. The molecule has 0 fully saturated rings. The van der Waals surface area contributed by atoms with Gasteiger partial charge in [-0.1, -0.05) is 22.8 Å². The van der Waals surface area contributed by atoms with Crippen molar-refractivity contribution in [2.45, 2.75) is 6.54 Å². The van der Waals surface area contributed by atoms with Gasteiger partial charge in [0, 0.05) is 12.4 Å². The Kier molecular flexibility index (Phi) is 4.06. The van der Waals surface area contributed by atoms with Crippen molar-refractivity contribution in [3.05, 3.63) is 59.5 Å². The predicted octanol–water partition coefficient (Wildman–Crippen LogP) is 2.11. The first-order valence-corrected chi connectivity index (χ1v) is 6.74. The van der Waals surface area contributed by atoms with Crippen LogP contribution in [0.2, 0.25) is 5.15 Å². The van der Waals surface area contributed by atoms with Gasteiger partial charge in [-0.05, 0) is 24.3 Å². The van der Waals surface area contributed by atoms with Crippen molar-refractivity contribution < 1.29 is 9.32 Å². The number of hydrogen-bond acceptors (Lipinski definition) is 6. The van der Waals surface area contributed by atoms with Crippen LogP contribution in [0.15, 0.2) is 47.2 Å². The van der Waals surface area contributed by atoms with E-state index in [4.69, 9.17) is 16.1 Å². The molecule has 3 aromatic rings. The van der Waals surface area contributed by atoms with Gasteiger partial charge in [-0.3, -0.25) is 9.78 Å². The van der Waals surface area contributed by atoms with Crippen molar-refractivity contribution in [1.82, 2.24) is 25.4 Å². The summed E-state index contributed by atoms with van der Waals surface area (Å²) in [7, 11) is 0. The first-order chi connectivity index (χ1) is 10.7. The number of carbonyl (C=O) groups is 1. The van der Waals surface area contributed by atoms with E-state index in [1.54, 1.807) is 36.7 Å². The van der Waals surface area contributed by atoms with Gasteiger partial charge in [0.15, 0.2) is 0 Å². The van der Waals surface area contributed by atoms with E-state index in [2.05, 4.69) is 25.4 Å². The van der Waals surface area contributed by atoms with Gasteiger partial charge in [0.1, 0.15) is 5.15 Å². The molecule has 0 bridgehead atoms. The molecule has 0 saturated heterocycles. The summed E-state index contributed by atoms with van der Waals surface area (Å²) in [5, 5.41) is 6.62. The Bertz CT molecular complexity index is 791. The fraction of sp³-hybridized carbons (Fsp3) is 0.0714. The number of pyridine rings is 2. The number of halogens is 1. The van der Waals surface area contributed by atoms with E-state index in [-0.39, 0.29) is 23.4 Å². The summed E-state index contributed by atoms with van der Waals surface area (Å²) in [6.45, 7) is 0.269. The van der Waals surface area contributed by atoms with E-state index < -0.39 is 5.91 Å². The number of carbonyl (C=O) groups excluding carboxylic acids is 1. The number of nitrogens with zero attached hydrogens (tertiary/aromatic N) is 4. The van der Waals surface area contributed by atoms with Gasteiger partial charge < -0.3 is 9.84 Å². The first-order valence-electron chi connectivity index (χ1n) is 6.37. The van der Waals surface area contributed by atoms with E-state index in [9.17, 15) is 4.79 Å². The Labute approximate surface area is 130 Å². The largest absolute Gasteiger partial charge is 0.342 e. The molecule has 0 unspecified atom stereocenters. The number of aromatic nitrogens is 4. The van der Waals surface area contributed by atoms with Crippen molar-refractivity contribution in [1.29, 1.82) is 0 Å². The lowest BCUT2D eigenvalue weighted by Gasteiger charge is -2.00. The summed E-state index contributed by atoms with van der Waals surface area (Å²) in [5.74, 6) is -0.420. The lowest BCUT2D eigenvalue weighted by molar-refractivity contribution is 0.0906. The number of nitrogens with one attached hydrogen (secondary N) is 1. The van der Waals surface area contributed by atoms with E-state index >= 15 is 0 Å². The molecular weight excluding hydrogens is 306 g/mol. The predicted molar refractivity (Wildman–Crippen MR) is 77.9 cm³/mol. The molecule has 0 aliphatic heterocycles. The lowest BCUT2D eigenvalue weighted by Crippen LogP contribution is -2.23. The number of amides is 1. The van der Waals surface area contributed by atoms with E-state index in [1.807, 2.05) is 6.07 Å². The average Bonchev–Trinajstić information content (AvgIpc) is 3.04. The van der Waals surface area contributed by atoms with Crippen molar-refractivity contribution >= 4 is 17.5 Å². The topological polar surface area (TPSA) is 93.8 Å². The number of rotatable bonds is 4. The van der Waals surface area contributed by atoms with Crippen LogP contribution in [0.1, 0.15) is 16.4 Å². The summed E-state index contributed by atoms with van der Waals surface area (Å²) in [6, 6.07) is 8.82. The van der Waals surface area contributed by atoms with Crippen LogP contribution < -0.4 is 5.32 Å². The normalized spacial score (nSPS) is 10.4. The van der Waals surface area contributed by atoms with Gasteiger partial charge in [-0.2, -0.15) is 4.98 Å². The van der Waals surface area contributed by atoms with Crippen molar-refractivity contribution in [2.75, 3.05) is 0 Å². The molecule has 0 aromatic carbocycles. The van der Waals surface area contributed by atoms with E-state index in [1.165, 1.54) is 0 Å². The van der Waals surface area contributed by atoms with Crippen LogP contribution in [0.3, 0.4) is 0 Å². The molecule has 0 aliphatic carbocycles. The Morgan fingerprint density at radius 1 is 1.18 bits per heavy atom. The summed E-state index contributed by atoms with van der Waals surface area (Å²) in [4.78, 5) is 24.0.